The van der Waals surface area contributed by atoms with Gasteiger partial charge in [0.2, 0.25) is 0 Å². The number of hydrogen-bond acceptors (Lipinski definition) is 7. The number of nitrogens with zero attached hydrogens (tertiary/aromatic N) is 5. The van der Waals surface area contributed by atoms with Crippen molar-refractivity contribution in [3.8, 4) is 17.2 Å². The highest BCUT2D eigenvalue weighted by Gasteiger charge is 2.26. The van der Waals surface area contributed by atoms with Crippen molar-refractivity contribution in [3.63, 3.8) is 0 Å². The lowest BCUT2D eigenvalue weighted by Gasteiger charge is -2.26. The van der Waals surface area contributed by atoms with Gasteiger partial charge in [0.1, 0.15) is 18.8 Å². The summed E-state index contributed by atoms with van der Waals surface area (Å²) in [6.45, 7) is 9.85. The molecule has 3 aromatic rings. The molecule has 0 radical (unpaired) electrons. The molecule has 0 amide bonds. The zero-order chi connectivity index (χ0) is 23.7. The first-order chi connectivity index (χ1) is 15.8. The van der Waals surface area contributed by atoms with Gasteiger partial charge in [0, 0.05) is 37.0 Å². The molecule has 0 fully saturated rings. The molecule has 0 saturated carbocycles. The van der Waals surface area contributed by atoms with Crippen molar-refractivity contribution < 1.29 is 19.0 Å². The lowest BCUT2D eigenvalue weighted by molar-refractivity contribution is 0.0523. The third-order valence-electron chi connectivity index (χ3n) is 6.18. The van der Waals surface area contributed by atoms with Crippen molar-refractivity contribution in [2.24, 2.45) is 7.05 Å². The molecule has 176 valence electrons. The monoisotopic (exact) mass is 453 g/mol. The van der Waals surface area contributed by atoms with Crippen LogP contribution >= 0.6 is 0 Å². The number of esters is 1. The normalized spacial score (nSPS) is 13.9. The maximum absolute atomic E-state index is 12.7. The molecule has 0 N–H and O–H groups in total. The fourth-order valence-corrected chi connectivity index (χ4v) is 4.28. The van der Waals surface area contributed by atoms with E-state index in [2.05, 4.69) is 28.9 Å². The summed E-state index contributed by atoms with van der Waals surface area (Å²) in [5.74, 6) is 0.991. The van der Waals surface area contributed by atoms with Crippen molar-refractivity contribution in [1.29, 1.82) is 0 Å². The van der Waals surface area contributed by atoms with Crippen LogP contribution in [-0.4, -0.2) is 57.3 Å². The van der Waals surface area contributed by atoms with Crippen LogP contribution in [-0.2, 0) is 18.3 Å². The van der Waals surface area contributed by atoms with E-state index in [1.54, 1.807) is 17.8 Å². The lowest BCUT2D eigenvalue weighted by Crippen LogP contribution is -2.25. The van der Waals surface area contributed by atoms with Gasteiger partial charge in [-0.3, -0.25) is 9.58 Å². The molecule has 0 aliphatic carbocycles. The van der Waals surface area contributed by atoms with E-state index < -0.39 is 0 Å². The first-order valence-corrected chi connectivity index (χ1v) is 11.2. The Hall–Kier alpha value is -3.33. The van der Waals surface area contributed by atoms with Crippen LogP contribution in [0, 0.1) is 13.8 Å². The van der Waals surface area contributed by atoms with Crippen LogP contribution in [0.1, 0.15) is 52.9 Å². The Kier molecular flexibility index (Phi) is 6.42. The largest absolute Gasteiger partial charge is 0.486 e. The number of aryl methyl sites for hydroxylation is 2. The summed E-state index contributed by atoms with van der Waals surface area (Å²) in [6, 6.07) is 5.75. The number of aromatic nitrogens is 4. The fraction of sp³-hybridized carbons (Fsp3) is 0.458. The summed E-state index contributed by atoms with van der Waals surface area (Å²) in [5, 5.41) is 9.10. The van der Waals surface area contributed by atoms with Gasteiger partial charge in [-0.2, -0.15) is 10.2 Å². The first-order valence-electron chi connectivity index (χ1n) is 11.2. The van der Waals surface area contributed by atoms with E-state index in [-0.39, 0.29) is 12.0 Å². The number of ether oxygens (including phenoxy) is 3. The number of hydrogen-bond donors (Lipinski definition) is 0. The highest BCUT2D eigenvalue weighted by Crippen LogP contribution is 2.33. The second-order valence-corrected chi connectivity index (χ2v) is 8.26. The van der Waals surface area contributed by atoms with E-state index in [1.807, 2.05) is 43.9 Å². The van der Waals surface area contributed by atoms with Gasteiger partial charge >= 0.3 is 5.97 Å². The van der Waals surface area contributed by atoms with E-state index in [0.29, 0.717) is 43.4 Å². The molecule has 1 aliphatic heterocycles. The highest BCUT2D eigenvalue weighted by molar-refractivity contribution is 5.90. The van der Waals surface area contributed by atoms with Crippen LogP contribution < -0.4 is 9.47 Å². The summed E-state index contributed by atoms with van der Waals surface area (Å²) >= 11 is 0. The molecule has 0 saturated heterocycles. The van der Waals surface area contributed by atoms with E-state index >= 15 is 0 Å². The van der Waals surface area contributed by atoms with Crippen LogP contribution in [0.4, 0.5) is 0 Å². The predicted molar refractivity (Wildman–Crippen MR) is 123 cm³/mol. The molecular weight excluding hydrogens is 422 g/mol. The topological polar surface area (TPSA) is 83.6 Å². The Morgan fingerprint density at radius 1 is 1.24 bits per heavy atom. The van der Waals surface area contributed by atoms with Crippen LogP contribution in [0.5, 0.6) is 11.5 Å². The summed E-state index contributed by atoms with van der Waals surface area (Å²) in [4.78, 5) is 14.9. The fourth-order valence-electron chi connectivity index (χ4n) is 4.28. The SMILES string of the molecule is CCOC(=O)c1cnn(-c2ccc3c(c2)OCCO3)c1CN(C)[C@@H](C)c1c(C)nn(C)c1C. The van der Waals surface area contributed by atoms with E-state index in [9.17, 15) is 4.79 Å². The molecule has 0 bridgehead atoms. The Bertz CT molecular complexity index is 1170. The van der Waals surface area contributed by atoms with Gasteiger partial charge in [0.05, 0.1) is 29.9 Å². The van der Waals surface area contributed by atoms with E-state index in [0.717, 1.165) is 22.8 Å². The van der Waals surface area contributed by atoms with Crippen molar-refractivity contribution in [2.45, 2.75) is 40.3 Å². The van der Waals surface area contributed by atoms with Crippen LogP contribution in [0.2, 0.25) is 0 Å². The molecule has 4 rings (SSSR count). The minimum atomic E-state index is -0.383. The molecule has 3 heterocycles. The summed E-state index contributed by atoms with van der Waals surface area (Å²) in [7, 11) is 3.99. The predicted octanol–water partition coefficient (Wildman–Crippen LogP) is 3.36. The summed E-state index contributed by atoms with van der Waals surface area (Å²) in [5.41, 5.74) is 5.30. The van der Waals surface area contributed by atoms with E-state index in [4.69, 9.17) is 14.2 Å². The van der Waals surface area contributed by atoms with Gasteiger partial charge in [-0.15, -0.1) is 0 Å². The smallest absolute Gasteiger partial charge is 0.341 e. The second-order valence-electron chi connectivity index (χ2n) is 8.26. The van der Waals surface area contributed by atoms with E-state index in [1.165, 1.54) is 5.56 Å². The molecule has 2 aromatic heterocycles. The van der Waals surface area contributed by atoms with Crippen molar-refractivity contribution in [1.82, 2.24) is 24.5 Å². The average molecular weight is 454 g/mol. The second kappa shape index (κ2) is 9.27. The van der Waals surface area contributed by atoms with Crippen molar-refractivity contribution >= 4 is 5.97 Å². The Balaban J connectivity index is 1.71. The summed E-state index contributed by atoms with van der Waals surface area (Å²) in [6.07, 6.45) is 1.57. The third kappa shape index (κ3) is 4.32. The molecule has 33 heavy (non-hydrogen) atoms. The molecule has 1 atom stereocenters. The van der Waals surface area contributed by atoms with Gasteiger partial charge in [-0.05, 0) is 46.9 Å². The molecule has 0 spiro atoms. The lowest BCUT2D eigenvalue weighted by atomic mass is 10.0. The zero-order valence-corrected chi connectivity index (χ0v) is 20.1. The maximum Gasteiger partial charge on any atom is 0.341 e. The minimum Gasteiger partial charge on any atom is -0.486 e. The van der Waals surface area contributed by atoms with Crippen LogP contribution in [0.25, 0.3) is 5.69 Å². The minimum absolute atomic E-state index is 0.0809. The van der Waals surface area contributed by atoms with Crippen molar-refractivity contribution in [2.75, 3.05) is 26.9 Å². The Labute approximate surface area is 193 Å². The number of carbonyl (C=O) groups is 1. The van der Waals surface area contributed by atoms with Gasteiger partial charge in [-0.25, -0.2) is 9.48 Å². The Morgan fingerprint density at radius 2 is 1.97 bits per heavy atom. The molecule has 0 unspecified atom stereocenters. The third-order valence-corrected chi connectivity index (χ3v) is 6.18. The molecular formula is C24H31N5O4. The van der Waals surface area contributed by atoms with Gasteiger partial charge in [0.15, 0.2) is 11.5 Å². The molecule has 9 nitrogen and oxygen atoms in total. The van der Waals surface area contributed by atoms with Gasteiger partial charge in [0.25, 0.3) is 0 Å². The maximum atomic E-state index is 12.7. The number of fused-ring (bicyclic) bond motifs is 1. The van der Waals surface area contributed by atoms with Gasteiger partial charge in [-0.1, -0.05) is 0 Å². The van der Waals surface area contributed by atoms with Crippen LogP contribution in [0.15, 0.2) is 24.4 Å². The number of benzene rings is 1. The summed E-state index contributed by atoms with van der Waals surface area (Å²) < 4.78 is 20.4. The highest BCUT2D eigenvalue weighted by atomic mass is 16.6. The van der Waals surface area contributed by atoms with Crippen molar-refractivity contribution in [3.05, 3.63) is 52.6 Å². The molecule has 1 aromatic carbocycles. The molecule has 1 aliphatic rings. The Morgan fingerprint density at radius 3 is 2.64 bits per heavy atom. The van der Waals surface area contributed by atoms with Crippen LogP contribution in [0.3, 0.4) is 0 Å². The number of rotatable bonds is 7. The number of carbonyl (C=O) groups excluding carboxylic acids is 1. The van der Waals surface area contributed by atoms with Gasteiger partial charge < -0.3 is 14.2 Å². The quantitative estimate of drug-likeness (QED) is 0.507. The zero-order valence-electron chi connectivity index (χ0n) is 20.1. The standard InChI is InChI=1S/C24H31N5O4/c1-7-31-24(30)19-13-25-29(18-8-9-21-22(12-18)33-11-10-32-21)20(19)14-27(5)16(3)23-15(2)26-28(6)17(23)4/h8-9,12-13,16H,7,10-11,14H2,1-6H3/t16-/m0/s1. The first kappa shape index (κ1) is 22.8. The average Bonchev–Trinajstić information content (AvgIpc) is 3.32. The molecule has 9 heteroatoms.